The van der Waals surface area contributed by atoms with E-state index < -0.39 is 11.7 Å². The van der Waals surface area contributed by atoms with Crippen LogP contribution in [0.4, 0.5) is 10.1 Å². The summed E-state index contributed by atoms with van der Waals surface area (Å²) in [5.41, 5.74) is 2.86. The van der Waals surface area contributed by atoms with E-state index >= 15 is 0 Å². The summed E-state index contributed by atoms with van der Waals surface area (Å²) < 4.78 is 14.2. The molecule has 0 aliphatic carbocycles. The van der Waals surface area contributed by atoms with Crippen molar-refractivity contribution in [2.24, 2.45) is 0 Å². The molecule has 1 N–H and O–H groups in total. The summed E-state index contributed by atoms with van der Waals surface area (Å²) >= 11 is 18.2. The van der Waals surface area contributed by atoms with Crippen LogP contribution in [-0.2, 0) is 0 Å². The molecule has 0 saturated heterocycles. The number of amides is 1. The first-order valence-electron chi connectivity index (χ1n) is 8.96. The van der Waals surface area contributed by atoms with Gasteiger partial charge in [0.05, 0.1) is 27.5 Å². The standard InChI is InChI=1S/C23H14Cl3FN2O/c1-12-21(23(30)29-20-9-7-14(25)11-18(20)27)16-4-2-3-5-19(16)28-22(12)15-8-6-13(24)10-17(15)26/h2-11H,1H3,(H,29,30). The molecule has 1 heterocycles. The lowest BCUT2D eigenvalue weighted by Gasteiger charge is -2.16. The van der Waals surface area contributed by atoms with Gasteiger partial charge in [0.25, 0.3) is 5.91 Å². The molecule has 0 atom stereocenters. The van der Waals surface area contributed by atoms with Gasteiger partial charge in [0.2, 0.25) is 0 Å². The van der Waals surface area contributed by atoms with Crippen LogP contribution in [0.2, 0.25) is 15.1 Å². The van der Waals surface area contributed by atoms with E-state index in [1.165, 1.54) is 12.1 Å². The maximum atomic E-state index is 14.2. The number of para-hydroxylation sites is 1. The number of aromatic nitrogens is 1. The first kappa shape index (κ1) is 20.6. The molecule has 3 nitrogen and oxygen atoms in total. The van der Waals surface area contributed by atoms with Crippen molar-refractivity contribution in [3.8, 4) is 11.3 Å². The van der Waals surface area contributed by atoms with Crippen LogP contribution < -0.4 is 5.32 Å². The summed E-state index contributed by atoms with van der Waals surface area (Å²) in [4.78, 5) is 17.9. The number of nitrogens with one attached hydrogen (secondary N) is 1. The topological polar surface area (TPSA) is 42.0 Å². The normalized spacial score (nSPS) is 11.0. The van der Waals surface area contributed by atoms with Crippen LogP contribution in [0.3, 0.4) is 0 Å². The average Bonchev–Trinajstić information content (AvgIpc) is 2.70. The Morgan fingerprint density at radius 2 is 1.67 bits per heavy atom. The first-order valence-corrected chi connectivity index (χ1v) is 10.1. The van der Waals surface area contributed by atoms with Crippen LogP contribution in [0.25, 0.3) is 22.2 Å². The molecule has 150 valence electrons. The number of nitrogens with zero attached hydrogens (tertiary/aromatic N) is 1. The number of hydrogen-bond donors (Lipinski definition) is 1. The number of hydrogen-bond acceptors (Lipinski definition) is 2. The Labute approximate surface area is 187 Å². The lowest BCUT2D eigenvalue weighted by Crippen LogP contribution is -2.16. The minimum Gasteiger partial charge on any atom is -0.319 e. The maximum Gasteiger partial charge on any atom is 0.256 e. The largest absolute Gasteiger partial charge is 0.319 e. The summed E-state index contributed by atoms with van der Waals surface area (Å²) in [7, 11) is 0. The van der Waals surface area contributed by atoms with Gasteiger partial charge >= 0.3 is 0 Å². The zero-order valence-corrected chi connectivity index (χ0v) is 17.9. The lowest BCUT2D eigenvalue weighted by molar-refractivity contribution is 0.102. The quantitative estimate of drug-likeness (QED) is 0.343. The fraction of sp³-hybridized carbons (Fsp3) is 0.0435. The highest BCUT2D eigenvalue weighted by Crippen LogP contribution is 2.35. The van der Waals surface area contributed by atoms with Crippen LogP contribution in [0, 0.1) is 12.7 Å². The Kier molecular flexibility index (Phi) is 5.65. The van der Waals surface area contributed by atoms with Gasteiger partial charge < -0.3 is 5.32 Å². The number of rotatable bonds is 3. The van der Waals surface area contributed by atoms with Crippen molar-refractivity contribution in [3.05, 3.63) is 92.7 Å². The molecule has 30 heavy (non-hydrogen) atoms. The Morgan fingerprint density at radius 1 is 0.967 bits per heavy atom. The number of anilines is 1. The second-order valence-electron chi connectivity index (χ2n) is 6.68. The van der Waals surface area contributed by atoms with Gasteiger partial charge in [-0.3, -0.25) is 4.79 Å². The van der Waals surface area contributed by atoms with Crippen molar-refractivity contribution in [1.29, 1.82) is 0 Å². The molecule has 0 spiro atoms. The molecule has 7 heteroatoms. The Hall–Kier alpha value is -2.66. The van der Waals surface area contributed by atoms with E-state index in [0.717, 1.165) is 6.07 Å². The summed E-state index contributed by atoms with van der Waals surface area (Å²) in [5, 5.41) is 4.45. The van der Waals surface area contributed by atoms with Crippen molar-refractivity contribution in [3.63, 3.8) is 0 Å². The zero-order chi connectivity index (χ0) is 21.4. The number of benzene rings is 3. The van der Waals surface area contributed by atoms with Gasteiger partial charge in [-0.1, -0.05) is 53.0 Å². The highest BCUT2D eigenvalue weighted by Gasteiger charge is 2.21. The molecule has 4 rings (SSSR count). The SMILES string of the molecule is Cc1c(-c2ccc(Cl)cc2Cl)nc2ccccc2c1C(=O)Nc1ccc(Cl)cc1F. The van der Waals surface area contributed by atoms with E-state index in [-0.39, 0.29) is 10.7 Å². The third-order valence-electron chi connectivity index (χ3n) is 4.73. The van der Waals surface area contributed by atoms with Gasteiger partial charge in [0.1, 0.15) is 5.82 Å². The van der Waals surface area contributed by atoms with Crippen LogP contribution in [0.15, 0.2) is 60.7 Å². The summed E-state index contributed by atoms with van der Waals surface area (Å²) in [6, 6.07) is 16.4. The highest BCUT2D eigenvalue weighted by molar-refractivity contribution is 6.36. The minimum atomic E-state index is -0.618. The van der Waals surface area contributed by atoms with Crippen LogP contribution in [0.1, 0.15) is 15.9 Å². The van der Waals surface area contributed by atoms with Gasteiger partial charge in [0.15, 0.2) is 0 Å². The third kappa shape index (κ3) is 3.86. The first-order chi connectivity index (χ1) is 14.3. The monoisotopic (exact) mass is 458 g/mol. The number of carbonyl (C=O) groups excluding carboxylic acids is 1. The van der Waals surface area contributed by atoms with Gasteiger partial charge in [-0.2, -0.15) is 0 Å². The molecule has 0 saturated carbocycles. The molecule has 3 aromatic carbocycles. The molecular weight excluding hydrogens is 446 g/mol. The predicted molar refractivity (Wildman–Crippen MR) is 121 cm³/mol. The molecule has 1 aromatic heterocycles. The van der Waals surface area contributed by atoms with Crippen molar-refractivity contribution in [2.75, 3.05) is 5.32 Å². The smallest absolute Gasteiger partial charge is 0.256 e. The average molecular weight is 460 g/mol. The summed E-state index contributed by atoms with van der Waals surface area (Å²) in [6.07, 6.45) is 0. The fourth-order valence-electron chi connectivity index (χ4n) is 3.32. The Bertz CT molecular complexity index is 1310. The van der Waals surface area contributed by atoms with Crippen molar-refractivity contribution < 1.29 is 9.18 Å². The van der Waals surface area contributed by atoms with Gasteiger partial charge in [0, 0.05) is 21.0 Å². The molecule has 4 aromatic rings. The fourth-order valence-corrected chi connectivity index (χ4v) is 3.98. The number of carbonyl (C=O) groups is 1. The number of pyridine rings is 1. The van der Waals surface area contributed by atoms with Crippen molar-refractivity contribution in [2.45, 2.75) is 6.92 Å². The molecule has 0 aliphatic rings. The van der Waals surface area contributed by atoms with Crippen LogP contribution in [-0.4, -0.2) is 10.9 Å². The van der Waals surface area contributed by atoms with Crippen LogP contribution in [0.5, 0.6) is 0 Å². The van der Waals surface area contributed by atoms with Crippen molar-refractivity contribution in [1.82, 2.24) is 4.98 Å². The molecule has 0 unspecified atom stereocenters. The number of halogens is 4. The predicted octanol–water partition coefficient (Wildman–Crippen LogP) is 7.56. The molecular formula is C23H14Cl3FN2O. The van der Waals surface area contributed by atoms with E-state index in [4.69, 9.17) is 39.8 Å². The van der Waals surface area contributed by atoms with Gasteiger partial charge in [-0.05, 0) is 55.0 Å². The van der Waals surface area contributed by atoms with Crippen molar-refractivity contribution >= 4 is 57.3 Å². The highest BCUT2D eigenvalue weighted by atomic mass is 35.5. The number of fused-ring (bicyclic) bond motifs is 1. The summed E-state index contributed by atoms with van der Waals surface area (Å²) in [6.45, 7) is 1.78. The summed E-state index contributed by atoms with van der Waals surface area (Å²) in [5.74, 6) is -1.08. The van der Waals surface area contributed by atoms with E-state index in [1.54, 1.807) is 31.2 Å². The van der Waals surface area contributed by atoms with E-state index in [2.05, 4.69) is 5.32 Å². The van der Waals surface area contributed by atoms with E-state index in [9.17, 15) is 9.18 Å². The van der Waals surface area contributed by atoms with E-state index in [1.807, 2.05) is 18.2 Å². The Morgan fingerprint density at radius 3 is 2.40 bits per heavy atom. The second kappa shape index (κ2) is 8.23. The third-order valence-corrected chi connectivity index (χ3v) is 5.51. The molecule has 0 aliphatic heterocycles. The molecule has 0 radical (unpaired) electrons. The van der Waals surface area contributed by atoms with Crippen LogP contribution >= 0.6 is 34.8 Å². The molecule has 0 fully saturated rings. The van der Waals surface area contributed by atoms with E-state index in [0.29, 0.717) is 43.3 Å². The van der Waals surface area contributed by atoms with Gasteiger partial charge in [-0.15, -0.1) is 0 Å². The van der Waals surface area contributed by atoms with Gasteiger partial charge in [-0.25, -0.2) is 9.37 Å². The molecule has 0 bridgehead atoms. The lowest BCUT2D eigenvalue weighted by atomic mass is 9.97. The second-order valence-corrected chi connectivity index (χ2v) is 7.96. The maximum absolute atomic E-state index is 14.2. The zero-order valence-electron chi connectivity index (χ0n) is 15.6. The minimum absolute atomic E-state index is 0.0377. The Balaban J connectivity index is 1.90. The molecule has 1 amide bonds.